The Kier molecular flexibility index (Phi) is 7.23. The summed E-state index contributed by atoms with van der Waals surface area (Å²) in [7, 11) is 0. The molecule has 3 aromatic rings. The van der Waals surface area contributed by atoms with E-state index in [0.717, 1.165) is 82.3 Å². The molecule has 2 atom stereocenters. The zero-order chi connectivity index (χ0) is 26.1. The van der Waals surface area contributed by atoms with Crippen LogP contribution in [-0.2, 0) is 4.79 Å². The van der Waals surface area contributed by atoms with Gasteiger partial charge < -0.3 is 14.5 Å². The van der Waals surface area contributed by atoms with E-state index in [-0.39, 0.29) is 17.8 Å². The van der Waals surface area contributed by atoms with Crippen LogP contribution < -0.4 is 0 Å². The van der Waals surface area contributed by atoms with Crippen molar-refractivity contribution in [1.29, 1.82) is 0 Å². The maximum atomic E-state index is 13.6. The third kappa shape index (κ3) is 5.10. The van der Waals surface area contributed by atoms with Gasteiger partial charge in [0.1, 0.15) is 5.82 Å². The molecule has 6 nitrogen and oxygen atoms in total. The summed E-state index contributed by atoms with van der Waals surface area (Å²) in [6.45, 7) is 4.93. The average Bonchev–Trinajstić information content (AvgIpc) is 3.54. The third-order valence-corrected chi connectivity index (χ3v) is 9.53. The Morgan fingerprint density at radius 1 is 1.05 bits per heavy atom. The molecule has 3 heterocycles. The molecule has 2 aromatic carbocycles. The smallest absolute Gasteiger partial charge is 0.305 e. The Morgan fingerprint density at radius 3 is 2.55 bits per heavy atom. The van der Waals surface area contributed by atoms with Crippen molar-refractivity contribution in [2.45, 2.75) is 68.7 Å². The lowest BCUT2D eigenvalue weighted by molar-refractivity contribution is -0.141. The number of fused-ring (bicyclic) bond motifs is 1. The van der Waals surface area contributed by atoms with E-state index in [2.05, 4.69) is 45.3 Å². The lowest BCUT2D eigenvalue weighted by atomic mass is 9.78. The summed E-state index contributed by atoms with van der Waals surface area (Å²) < 4.78 is 19.0. The van der Waals surface area contributed by atoms with Crippen LogP contribution in [0.15, 0.2) is 53.1 Å². The van der Waals surface area contributed by atoms with E-state index in [0.29, 0.717) is 23.3 Å². The summed E-state index contributed by atoms with van der Waals surface area (Å²) in [4.78, 5) is 17.1. The minimum atomic E-state index is -0.670. The summed E-state index contributed by atoms with van der Waals surface area (Å²) in [5.74, 6) is 0.237. The second kappa shape index (κ2) is 10.8. The van der Waals surface area contributed by atoms with Gasteiger partial charge in [-0.25, -0.2) is 4.39 Å². The molecule has 2 saturated heterocycles. The van der Waals surface area contributed by atoms with Crippen molar-refractivity contribution in [2.75, 3.05) is 32.7 Å². The van der Waals surface area contributed by atoms with Crippen LogP contribution in [0.3, 0.4) is 0 Å². The molecular formula is C31H38FN3O3. The van der Waals surface area contributed by atoms with Crippen LogP contribution in [0.2, 0.25) is 0 Å². The number of halogens is 1. The number of nitrogens with zero attached hydrogens (tertiary/aromatic N) is 3. The number of piperidine rings is 1. The Hall–Kier alpha value is -2.77. The van der Waals surface area contributed by atoms with Gasteiger partial charge in [0, 0.05) is 48.5 Å². The van der Waals surface area contributed by atoms with Crippen LogP contribution in [0.25, 0.3) is 11.0 Å². The topological polar surface area (TPSA) is 69.8 Å². The molecule has 7 heteroatoms. The van der Waals surface area contributed by atoms with Gasteiger partial charge in [0.15, 0.2) is 5.58 Å². The van der Waals surface area contributed by atoms with E-state index in [1.807, 2.05) is 0 Å². The number of hydrogen-bond donors (Lipinski definition) is 1. The highest BCUT2D eigenvalue weighted by Gasteiger charge is 2.46. The Balaban J connectivity index is 1.16. The maximum Gasteiger partial charge on any atom is 0.305 e. The van der Waals surface area contributed by atoms with Gasteiger partial charge in [-0.15, -0.1) is 0 Å². The summed E-state index contributed by atoms with van der Waals surface area (Å²) >= 11 is 0. The predicted octanol–water partition coefficient (Wildman–Crippen LogP) is 6.04. The van der Waals surface area contributed by atoms with Gasteiger partial charge in [-0.3, -0.25) is 9.69 Å². The maximum absolute atomic E-state index is 13.6. The summed E-state index contributed by atoms with van der Waals surface area (Å²) in [5, 5.41) is 15.1. The molecule has 6 rings (SSSR count). The van der Waals surface area contributed by atoms with Crippen LogP contribution in [0.4, 0.5) is 4.39 Å². The Morgan fingerprint density at radius 2 is 1.82 bits per heavy atom. The van der Waals surface area contributed by atoms with Gasteiger partial charge in [0.25, 0.3) is 0 Å². The zero-order valence-electron chi connectivity index (χ0n) is 22.0. The van der Waals surface area contributed by atoms with E-state index < -0.39 is 5.97 Å². The van der Waals surface area contributed by atoms with E-state index in [1.54, 1.807) is 6.07 Å². The summed E-state index contributed by atoms with van der Waals surface area (Å²) in [6, 6.07) is 15.5. The predicted molar refractivity (Wildman–Crippen MR) is 145 cm³/mol. The summed E-state index contributed by atoms with van der Waals surface area (Å²) in [5.41, 5.74) is 2.66. The van der Waals surface area contributed by atoms with Crippen molar-refractivity contribution in [2.24, 2.45) is 5.92 Å². The number of aliphatic carboxylic acids is 1. The minimum absolute atomic E-state index is 0.202. The van der Waals surface area contributed by atoms with Crippen molar-refractivity contribution in [3.63, 3.8) is 0 Å². The number of aromatic nitrogens is 1. The number of rotatable bonds is 7. The van der Waals surface area contributed by atoms with Gasteiger partial charge in [0.05, 0.1) is 12.1 Å². The Labute approximate surface area is 223 Å². The fourth-order valence-corrected chi connectivity index (χ4v) is 7.56. The molecule has 0 bridgehead atoms. The third-order valence-electron chi connectivity index (χ3n) is 9.53. The molecule has 2 aliphatic heterocycles. The first kappa shape index (κ1) is 25.5. The average molecular weight is 520 g/mol. The monoisotopic (exact) mass is 519 g/mol. The fourth-order valence-electron chi connectivity index (χ4n) is 7.56. The molecule has 1 aromatic heterocycles. The zero-order valence-corrected chi connectivity index (χ0v) is 22.0. The highest BCUT2D eigenvalue weighted by molar-refractivity contribution is 5.79. The number of likely N-dealkylation sites (tertiary alicyclic amines) is 2. The number of carboxylic acid groups (broad SMARTS) is 1. The van der Waals surface area contributed by atoms with Crippen molar-refractivity contribution >= 4 is 16.9 Å². The number of carbonyl (C=O) groups is 1. The lowest BCUT2D eigenvalue weighted by Crippen LogP contribution is -2.50. The van der Waals surface area contributed by atoms with Crippen LogP contribution in [0.1, 0.15) is 74.5 Å². The molecule has 0 radical (unpaired) electrons. The van der Waals surface area contributed by atoms with Gasteiger partial charge in [-0.1, -0.05) is 54.8 Å². The van der Waals surface area contributed by atoms with Gasteiger partial charge in [-0.2, -0.15) is 0 Å². The highest BCUT2D eigenvalue weighted by atomic mass is 19.1. The second-order valence-corrected chi connectivity index (χ2v) is 11.8. The summed E-state index contributed by atoms with van der Waals surface area (Å²) in [6.07, 6.45) is 7.72. The Bertz CT molecular complexity index is 1250. The van der Waals surface area contributed by atoms with Crippen molar-refractivity contribution in [3.05, 3.63) is 65.6 Å². The molecule has 3 aliphatic rings. The molecule has 3 fully saturated rings. The lowest BCUT2D eigenvalue weighted by Gasteiger charge is -2.44. The first-order valence-electron chi connectivity index (χ1n) is 14.3. The van der Waals surface area contributed by atoms with Gasteiger partial charge in [0.2, 0.25) is 0 Å². The normalized spacial score (nSPS) is 25.2. The molecule has 1 aliphatic carbocycles. The minimum Gasteiger partial charge on any atom is -0.481 e. The van der Waals surface area contributed by atoms with Crippen molar-refractivity contribution in [1.82, 2.24) is 15.0 Å². The van der Waals surface area contributed by atoms with E-state index in [9.17, 15) is 14.3 Å². The largest absolute Gasteiger partial charge is 0.481 e. The number of hydrogen-bond acceptors (Lipinski definition) is 5. The number of benzene rings is 2. The van der Waals surface area contributed by atoms with Crippen LogP contribution in [0, 0.1) is 11.7 Å². The fraction of sp³-hybridized carbons (Fsp3) is 0.548. The van der Waals surface area contributed by atoms with Crippen LogP contribution >= 0.6 is 0 Å². The van der Waals surface area contributed by atoms with Crippen LogP contribution in [0.5, 0.6) is 0 Å². The van der Waals surface area contributed by atoms with Crippen molar-refractivity contribution in [3.8, 4) is 0 Å². The van der Waals surface area contributed by atoms with Crippen molar-refractivity contribution < 1.29 is 18.8 Å². The van der Waals surface area contributed by atoms with E-state index >= 15 is 0 Å². The molecule has 1 N–H and O–H groups in total. The van der Waals surface area contributed by atoms with E-state index in [4.69, 9.17) is 4.52 Å². The SMILES string of the molecule is O=C(O)CC1(N2CC(CN3CCC(c4noc5cc(F)ccc45)CC3)C(c3ccccc3)C2)CCCCC1. The molecular weight excluding hydrogens is 481 g/mol. The molecule has 0 spiro atoms. The first-order chi connectivity index (χ1) is 18.5. The van der Waals surface area contributed by atoms with Crippen LogP contribution in [-0.4, -0.2) is 64.3 Å². The molecule has 0 amide bonds. The standard InChI is InChI=1S/C31H38FN3O3/c32-25-9-10-26-28(17-25)38-33-30(26)23-11-15-34(16-12-23)19-24-20-35(21-27(24)22-7-3-1-4-8-22)31(18-29(36)37)13-5-2-6-14-31/h1,3-4,7-10,17,23-24,27H,2,5-6,11-16,18-21H2,(H,36,37). The second-order valence-electron chi connectivity index (χ2n) is 11.8. The number of carboxylic acids is 1. The highest BCUT2D eigenvalue weighted by Crippen LogP contribution is 2.44. The van der Waals surface area contributed by atoms with Gasteiger partial charge in [-0.05, 0) is 62.4 Å². The molecule has 1 saturated carbocycles. The van der Waals surface area contributed by atoms with Gasteiger partial charge >= 0.3 is 5.97 Å². The molecule has 38 heavy (non-hydrogen) atoms. The molecule has 202 valence electrons. The quantitative estimate of drug-likeness (QED) is 0.411. The van der Waals surface area contributed by atoms with E-state index in [1.165, 1.54) is 24.1 Å². The first-order valence-corrected chi connectivity index (χ1v) is 14.3. The molecule has 2 unspecified atom stereocenters.